The number of quaternary nitrogens is 1. The van der Waals surface area contributed by atoms with E-state index in [1.165, 1.54) is 23.4 Å². The molecule has 0 aromatic heterocycles. The first-order valence-electron chi connectivity index (χ1n) is 11.5. The zero-order valence-electron chi connectivity index (χ0n) is 18.8. The number of ether oxygens (including phenoxy) is 2. The maximum absolute atomic E-state index is 10.6. The molecular formula is C24H41N2O3+. The zero-order chi connectivity index (χ0) is 20.8. The van der Waals surface area contributed by atoms with Crippen molar-refractivity contribution >= 4 is 5.69 Å². The summed E-state index contributed by atoms with van der Waals surface area (Å²) in [5.74, 6) is 2.96. The average molecular weight is 406 g/mol. The molecule has 1 heterocycles. The van der Waals surface area contributed by atoms with E-state index in [1.807, 2.05) is 12.1 Å². The summed E-state index contributed by atoms with van der Waals surface area (Å²) in [6.07, 6.45) is 3.64. The highest BCUT2D eigenvalue weighted by molar-refractivity contribution is 5.58. The number of nitrogens with one attached hydrogen (secondary N) is 1. The highest BCUT2D eigenvalue weighted by Crippen LogP contribution is 2.35. The number of nitrogens with zero attached hydrogens (tertiary/aromatic N) is 1. The molecule has 1 aliphatic heterocycles. The summed E-state index contributed by atoms with van der Waals surface area (Å²) >= 11 is 0. The van der Waals surface area contributed by atoms with Crippen LogP contribution in [0.3, 0.4) is 0 Å². The molecule has 4 atom stereocenters. The lowest BCUT2D eigenvalue weighted by molar-refractivity contribution is -0.903. The molecule has 1 saturated heterocycles. The lowest BCUT2D eigenvalue weighted by Crippen LogP contribution is -3.16. The molecule has 0 radical (unpaired) electrons. The minimum Gasteiger partial charge on any atom is -0.495 e. The molecule has 5 heteroatoms. The first-order valence-corrected chi connectivity index (χ1v) is 11.5. The van der Waals surface area contributed by atoms with Gasteiger partial charge in [-0.15, -0.1) is 0 Å². The Kier molecular flexibility index (Phi) is 8.22. The molecule has 29 heavy (non-hydrogen) atoms. The first kappa shape index (κ1) is 22.4. The maximum Gasteiger partial charge on any atom is 0.142 e. The van der Waals surface area contributed by atoms with Crippen LogP contribution in [0.5, 0.6) is 5.75 Å². The van der Waals surface area contributed by atoms with Crippen molar-refractivity contribution in [1.82, 2.24) is 0 Å². The van der Waals surface area contributed by atoms with Gasteiger partial charge < -0.3 is 24.4 Å². The third-order valence-electron chi connectivity index (χ3n) is 6.88. The summed E-state index contributed by atoms with van der Waals surface area (Å²) < 4.78 is 11.8. The summed E-state index contributed by atoms with van der Waals surface area (Å²) in [7, 11) is 1.73. The van der Waals surface area contributed by atoms with Gasteiger partial charge in [0.15, 0.2) is 0 Å². The second-order valence-electron chi connectivity index (χ2n) is 9.46. The smallest absolute Gasteiger partial charge is 0.142 e. The number of anilines is 1. The number of rotatable bonds is 8. The first-order chi connectivity index (χ1) is 14.0. The lowest BCUT2D eigenvalue weighted by atomic mass is 9.75. The van der Waals surface area contributed by atoms with Crippen LogP contribution >= 0.6 is 0 Å². The number of hydrogen-bond acceptors (Lipinski definition) is 4. The van der Waals surface area contributed by atoms with Crippen molar-refractivity contribution in [2.45, 2.75) is 52.2 Å². The molecule has 164 valence electrons. The van der Waals surface area contributed by atoms with Crippen molar-refractivity contribution < 1.29 is 19.5 Å². The Hall–Kier alpha value is -1.30. The number of benzene rings is 1. The van der Waals surface area contributed by atoms with Crippen LogP contribution in [0.1, 0.15) is 40.0 Å². The van der Waals surface area contributed by atoms with Gasteiger partial charge in [-0.3, -0.25) is 0 Å². The van der Waals surface area contributed by atoms with Gasteiger partial charge in [0.25, 0.3) is 0 Å². The van der Waals surface area contributed by atoms with Crippen LogP contribution in [0, 0.1) is 17.8 Å². The molecule has 3 rings (SSSR count). The van der Waals surface area contributed by atoms with Crippen LogP contribution in [-0.4, -0.2) is 63.8 Å². The van der Waals surface area contributed by atoms with E-state index < -0.39 is 0 Å². The van der Waals surface area contributed by atoms with E-state index >= 15 is 0 Å². The molecule has 1 aliphatic carbocycles. The zero-order valence-corrected chi connectivity index (χ0v) is 18.8. The maximum atomic E-state index is 10.6. The van der Waals surface area contributed by atoms with Gasteiger partial charge in [0, 0.05) is 0 Å². The van der Waals surface area contributed by atoms with Crippen LogP contribution in [-0.2, 0) is 4.74 Å². The standard InChI is InChI=1S/C24H40N2O3/c1-18(2)21-10-9-19(3)15-24(21)29-17-20(27)16-25-11-13-26(14-12-25)22-7-5-6-8-23(22)28-4/h5-8,18-21,24,27H,9-17H2,1-4H3/p+1/t19-,20-,21-,24-/m1/s1. The monoisotopic (exact) mass is 405 g/mol. The normalized spacial score (nSPS) is 27.2. The lowest BCUT2D eigenvalue weighted by Gasteiger charge is -2.38. The Morgan fingerprint density at radius 2 is 1.90 bits per heavy atom. The van der Waals surface area contributed by atoms with E-state index in [2.05, 4.69) is 37.8 Å². The topological polar surface area (TPSA) is 46.4 Å². The molecule has 1 aromatic rings. The van der Waals surface area contributed by atoms with E-state index in [0.29, 0.717) is 24.5 Å². The largest absolute Gasteiger partial charge is 0.495 e. The van der Waals surface area contributed by atoms with E-state index in [1.54, 1.807) is 7.11 Å². The second kappa shape index (κ2) is 10.6. The summed E-state index contributed by atoms with van der Waals surface area (Å²) in [6, 6.07) is 8.22. The molecule has 2 N–H and O–H groups in total. The molecule has 1 aromatic carbocycles. The fourth-order valence-electron chi connectivity index (χ4n) is 5.09. The average Bonchev–Trinajstić information content (AvgIpc) is 2.72. The molecule has 0 unspecified atom stereocenters. The number of aliphatic hydroxyl groups excluding tert-OH is 1. The van der Waals surface area contributed by atoms with Crippen molar-refractivity contribution in [3.8, 4) is 5.75 Å². The highest BCUT2D eigenvalue weighted by atomic mass is 16.5. The Balaban J connectivity index is 1.43. The van der Waals surface area contributed by atoms with Gasteiger partial charge in [-0.2, -0.15) is 0 Å². The molecule has 1 saturated carbocycles. The van der Waals surface area contributed by atoms with Gasteiger partial charge in [-0.05, 0) is 42.7 Å². The fraction of sp³-hybridized carbons (Fsp3) is 0.750. The molecule has 0 bridgehead atoms. The molecule has 0 amide bonds. The second-order valence-corrected chi connectivity index (χ2v) is 9.46. The van der Waals surface area contributed by atoms with Gasteiger partial charge in [-0.1, -0.05) is 39.3 Å². The van der Waals surface area contributed by atoms with Crippen LogP contribution in [0.25, 0.3) is 0 Å². The number of methoxy groups -OCH3 is 1. The summed E-state index contributed by atoms with van der Waals surface area (Å²) in [6.45, 7) is 12.2. The fourth-order valence-corrected chi connectivity index (χ4v) is 5.09. The molecule has 0 spiro atoms. The minimum atomic E-state index is -0.382. The van der Waals surface area contributed by atoms with Crippen LogP contribution in [0.4, 0.5) is 5.69 Å². The number of piperazine rings is 1. The van der Waals surface area contributed by atoms with Gasteiger partial charge in [0.2, 0.25) is 0 Å². The SMILES string of the molecule is COc1ccccc1N1CC[NH+](C[C@@H](O)CO[C@@H]2C[C@H](C)CC[C@@H]2C(C)C)CC1. The van der Waals surface area contributed by atoms with E-state index in [-0.39, 0.29) is 6.10 Å². The van der Waals surface area contributed by atoms with Crippen molar-refractivity contribution in [2.75, 3.05) is 51.3 Å². The van der Waals surface area contributed by atoms with Crippen LogP contribution < -0.4 is 14.5 Å². The molecule has 5 nitrogen and oxygen atoms in total. The predicted octanol–water partition coefficient (Wildman–Crippen LogP) is 2.24. The summed E-state index contributed by atoms with van der Waals surface area (Å²) in [5, 5.41) is 10.6. The summed E-state index contributed by atoms with van der Waals surface area (Å²) in [5.41, 5.74) is 1.17. The Labute approximate surface area is 177 Å². The van der Waals surface area contributed by atoms with Crippen molar-refractivity contribution in [3.05, 3.63) is 24.3 Å². The van der Waals surface area contributed by atoms with Gasteiger partial charge in [-0.25, -0.2) is 0 Å². The summed E-state index contributed by atoms with van der Waals surface area (Å²) in [4.78, 5) is 3.85. The van der Waals surface area contributed by atoms with Crippen molar-refractivity contribution in [1.29, 1.82) is 0 Å². The Morgan fingerprint density at radius 1 is 1.17 bits per heavy atom. The van der Waals surface area contributed by atoms with Gasteiger partial charge in [0.1, 0.15) is 18.4 Å². The molecule has 2 aliphatic rings. The van der Waals surface area contributed by atoms with E-state index in [9.17, 15) is 5.11 Å². The van der Waals surface area contributed by atoms with Crippen LogP contribution in [0.2, 0.25) is 0 Å². The molecule has 2 fully saturated rings. The van der Waals surface area contributed by atoms with Gasteiger partial charge in [0.05, 0.1) is 51.7 Å². The molecular weight excluding hydrogens is 364 g/mol. The Morgan fingerprint density at radius 3 is 2.59 bits per heavy atom. The third kappa shape index (κ3) is 6.09. The number of aliphatic hydroxyl groups is 1. The van der Waals surface area contributed by atoms with Crippen molar-refractivity contribution in [3.63, 3.8) is 0 Å². The number of para-hydroxylation sites is 2. The number of hydrogen-bond donors (Lipinski definition) is 2. The van der Waals surface area contributed by atoms with E-state index in [0.717, 1.165) is 50.8 Å². The van der Waals surface area contributed by atoms with Crippen molar-refractivity contribution in [2.24, 2.45) is 17.8 Å². The predicted molar refractivity (Wildman–Crippen MR) is 118 cm³/mol. The quantitative estimate of drug-likeness (QED) is 0.696. The van der Waals surface area contributed by atoms with Crippen LogP contribution in [0.15, 0.2) is 24.3 Å². The van der Waals surface area contributed by atoms with Gasteiger partial charge >= 0.3 is 0 Å². The third-order valence-corrected chi connectivity index (χ3v) is 6.88. The Bertz CT molecular complexity index is 616. The highest BCUT2D eigenvalue weighted by Gasteiger charge is 2.32. The van der Waals surface area contributed by atoms with E-state index in [4.69, 9.17) is 9.47 Å². The minimum absolute atomic E-state index is 0.311.